The number of pyridine rings is 1. The first-order chi connectivity index (χ1) is 10.9. The molecule has 0 unspecified atom stereocenters. The third kappa shape index (κ3) is 3.74. The van der Waals surface area contributed by atoms with Gasteiger partial charge in [0.05, 0.1) is 5.69 Å². The van der Waals surface area contributed by atoms with Gasteiger partial charge in [-0.3, -0.25) is 0 Å². The average Bonchev–Trinajstić information content (AvgIpc) is 2.61. The smallest absolute Gasteiger partial charge is 0.136 e. The van der Waals surface area contributed by atoms with Crippen LogP contribution in [0.3, 0.4) is 0 Å². The van der Waals surface area contributed by atoms with E-state index in [-0.39, 0.29) is 0 Å². The summed E-state index contributed by atoms with van der Waals surface area (Å²) in [6.45, 7) is 0.756. The van der Waals surface area contributed by atoms with Gasteiger partial charge in [0.25, 0.3) is 0 Å². The molecule has 0 amide bonds. The topological polar surface area (TPSA) is 24.9 Å². The molecule has 2 heteroatoms. The van der Waals surface area contributed by atoms with Gasteiger partial charge in [-0.05, 0) is 35.7 Å². The van der Waals surface area contributed by atoms with Crippen molar-refractivity contribution in [2.75, 3.05) is 5.32 Å². The molecule has 0 aliphatic heterocycles. The summed E-state index contributed by atoms with van der Waals surface area (Å²) in [6, 6.07) is 24.1. The van der Waals surface area contributed by atoms with Gasteiger partial charge in [-0.1, -0.05) is 54.5 Å². The zero-order valence-electron chi connectivity index (χ0n) is 12.2. The highest BCUT2D eigenvalue weighted by Gasteiger charge is 2.00. The zero-order valence-corrected chi connectivity index (χ0v) is 12.2. The Bertz CT molecular complexity index is 784. The van der Waals surface area contributed by atoms with Crippen LogP contribution in [0.2, 0.25) is 0 Å². The second-order valence-corrected chi connectivity index (χ2v) is 4.85. The summed E-state index contributed by atoms with van der Waals surface area (Å²) < 4.78 is 0. The fraction of sp³-hybridized carbons (Fsp3) is 0.0500. The van der Waals surface area contributed by atoms with Gasteiger partial charge in [-0.2, -0.15) is 0 Å². The quantitative estimate of drug-likeness (QED) is 0.733. The first-order valence-corrected chi connectivity index (χ1v) is 7.22. The van der Waals surface area contributed by atoms with E-state index in [4.69, 9.17) is 0 Å². The molecule has 0 bridgehead atoms. The van der Waals surface area contributed by atoms with Crippen LogP contribution in [0.25, 0.3) is 0 Å². The number of benzene rings is 2. The third-order valence-corrected chi connectivity index (χ3v) is 3.23. The van der Waals surface area contributed by atoms with E-state index in [1.807, 2.05) is 60.7 Å². The number of hydrogen-bond donors (Lipinski definition) is 1. The van der Waals surface area contributed by atoms with Crippen LogP contribution >= 0.6 is 0 Å². The number of aromatic nitrogens is 1. The van der Waals surface area contributed by atoms with Crippen molar-refractivity contribution < 1.29 is 0 Å². The van der Waals surface area contributed by atoms with Crippen molar-refractivity contribution in [3.63, 3.8) is 0 Å². The van der Waals surface area contributed by atoms with Crippen LogP contribution in [0.1, 0.15) is 16.8 Å². The molecule has 2 nitrogen and oxygen atoms in total. The summed E-state index contributed by atoms with van der Waals surface area (Å²) >= 11 is 0. The number of rotatable bonds is 3. The third-order valence-electron chi connectivity index (χ3n) is 3.23. The monoisotopic (exact) mass is 284 g/mol. The minimum absolute atomic E-state index is 0.756. The molecule has 2 aromatic carbocycles. The van der Waals surface area contributed by atoms with Gasteiger partial charge < -0.3 is 5.32 Å². The molecule has 0 saturated carbocycles. The molecule has 0 fully saturated rings. The predicted octanol–water partition coefficient (Wildman–Crippen LogP) is 4.09. The molecule has 0 spiro atoms. The lowest BCUT2D eigenvalue weighted by Gasteiger charge is -2.07. The maximum atomic E-state index is 4.37. The lowest BCUT2D eigenvalue weighted by atomic mass is 10.2. The minimum Gasteiger partial charge on any atom is -0.379 e. The summed E-state index contributed by atoms with van der Waals surface area (Å²) in [5.41, 5.74) is 3.94. The maximum Gasteiger partial charge on any atom is 0.136 e. The second kappa shape index (κ2) is 7.10. The summed E-state index contributed by atoms with van der Waals surface area (Å²) in [5, 5.41) is 3.40. The molecular weight excluding hydrogens is 268 g/mol. The summed E-state index contributed by atoms with van der Waals surface area (Å²) in [5.74, 6) is 6.29. The van der Waals surface area contributed by atoms with E-state index in [1.54, 1.807) is 6.20 Å². The Morgan fingerprint density at radius 3 is 2.27 bits per heavy atom. The van der Waals surface area contributed by atoms with Crippen LogP contribution in [0.4, 0.5) is 5.69 Å². The molecule has 106 valence electrons. The van der Waals surface area contributed by atoms with Crippen LogP contribution in [-0.4, -0.2) is 4.98 Å². The zero-order chi connectivity index (χ0) is 15.0. The van der Waals surface area contributed by atoms with Gasteiger partial charge in [-0.25, -0.2) is 4.98 Å². The van der Waals surface area contributed by atoms with E-state index < -0.39 is 0 Å². The van der Waals surface area contributed by atoms with Crippen molar-refractivity contribution in [1.82, 2.24) is 4.98 Å². The van der Waals surface area contributed by atoms with Gasteiger partial charge in [0.15, 0.2) is 0 Å². The van der Waals surface area contributed by atoms with Crippen LogP contribution < -0.4 is 5.32 Å². The lowest BCUT2D eigenvalue weighted by Crippen LogP contribution is -2.02. The number of nitrogens with zero attached hydrogens (tertiary/aromatic N) is 1. The second-order valence-electron chi connectivity index (χ2n) is 4.85. The minimum atomic E-state index is 0.756. The van der Waals surface area contributed by atoms with Crippen molar-refractivity contribution in [2.45, 2.75) is 6.54 Å². The van der Waals surface area contributed by atoms with Gasteiger partial charge in [0, 0.05) is 18.3 Å². The van der Waals surface area contributed by atoms with Crippen molar-refractivity contribution in [3.8, 4) is 11.8 Å². The van der Waals surface area contributed by atoms with Crippen LogP contribution in [0.5, 0.6) is 0 Å². The lowest BCUT2D eigenvalue weighted by molar-refractivity contribution is 1.13. The van der Waals surface area contributed by atoms with Gasteiger partial charge >= 0.3 is 0 Å². The Hall–Kier alpha value is -3.05. The summed E-state index contributed by atoms with van der Waals surface area (Å²) in [6.07, 6.45) is 1.77. The SMILES string of the molecule is C(#Cc1ncccc1NCc1ccccc1)c1ccccc1. The van der Waals surface area contributed by atoms with Crippen LogP contribution in [0.15, 0.2) is 79.0 Å². The highest BCUT2D eigenvalue weighted by atomic mass is 14.9. The normalized spacial score (nSPS) is 9.64. The fourth-order valence-electron chi connectivity index (χ4n) is 2.09. The molecule has 0 aliphatic carbocycles. The molecule has 0 atom stereocenters. The number of nitrogens with one attached hydrogen (secondary N) is 1. The molecule has 0 radical (unpaired) electrons. The Labute approximate surface area is 130 Å². The van der Waals surface area contributed by atoms with Crippen molar-refractivity contribution in [3.05, 3.63) is 95.8 Å². The Balaban J connectivity index is 1.77. The fourth-order valence-corrected chi connectivity index (χ4v) is 2.09. The first kappa shape index (κ1) is 13.9. The standard InChI is InChI=1S/C20H16N2/c1-3-8-17(9-4-1)13-14-20-19(12-7-15-21-20)22-16-18-10-5-2-6-11-18/h1-12,15,22H,16H2. The van der Waals surface area contributed by atoms with E-state index in [1.165, 1.54) is 5.56 Å². The average molecular weight is 284 g/mol. The molecule has 22 heavy (non-hydrogen) atoms. The largest absolute Gasteiger partial charge is 0.379 e. The Morgan fingerprint density at radius 1 is 0.773 bits per heavy atom. The molecule has 0 saturated heterocycles. The van der Waals surface area contributed by atoms with E-state index in [9.17, 15) is 0 Å². The highest BCUT2D eigenvalue weighted by molar-refractivity contribution is 5.56. The molecule has 1 N–H and O–H groups in total. The van der Waals surface area contributed by atoms with Gasteiger partial charge in [0.2, 0.25) is 0 Å². The molecule has 3 aromatic rings. The molecule has 0 aliphatic rings. The Morgan fingerprint density at radius 2 is 1.50 bits per heavy atom. The highest BCUT2D eigenvalue weighted by Crippen LogP contribution is 2.13. The number of anilines is 1. The molecule has 3 rings (SSSR count). The van der Waals surface area contributed by atoms with Crippen molar-refractivity contribution >= 4 is 5.69 Å². The first-order valence-electron chi connectivity index (χ1n) is 7.22. The Kier molecular flexibility index (Phi) is 4.49. The molecular formula is C20H16N2. The molecule has 1 aromatic heterocycles. The molecule has 1 heterocycles. The van der Waals surface area contributed by atoms with Crippen LogP contribution in [-0.2, 0) is 6.54 Å². The van der Waals surface area contributed by atoms with E-state index in [0.29, 0.717) is 0 Å². The predicted molar refractivity (Wildman–Crippen MR) is 90.4 cm³/mol. The summed E-state index contributed by atoms with van der Waals surface area (Å²) in [7, 11) is 0. The van der Waals surface area contributed by atoms with Gasteiger partial charge in [0.1, 0.15) is 5.69 Å². The van der Waals surface area contributed by atoms with E-state index in [2.05, 4.69) is 34.3 Å². The maximum absolute atomic E-state index is 4.37. The van der Waals surface area contributed by atoms with E-state index in [0.717, 1.165) is 23.5 Å². The van der Waals surface area contributed by atoms with E-state index >= 15 is 0 Å². The van der Waals surface area contributed by atoms with Gasteiger partial charge in [-0.15, -0.1) is 0 Å². The number of hydrogen-bond acceptors (Lipinski definition) is 2. The van der Waals surface area contributed by atoms with Crippen LogP contribution in [0, 0.1) is 11.8 Å². The summed E-state index contributed by atoms with van der Waals surface area (Å²) in [4.78, 5) is 4.37. The van der Waals surface area contributed by atoms with Crippen molar-refractivity contribution in [1.29, 1.82) is 0 Å². The van der Waals surface area contributed by atoms with Crippen molar-refractivity contribution in [2.24, 2.45) is 0 Å².